The maximum Gasteiger partial charge on any atom is 0.00576 e. The monoisotopic (exact) mass is 138 g/mol. The van der Waals surface area contributed by atoms with Crippen LogP contribution >= 0.6 is 0 Å². The third kappa shape index (κ3) is 5.69. The first-order valence-electron chi connectivity index (χ1n) is 4.24. The summed E-state index contributed by atoms with van der Waals surface area (Å²) < 4.78 is 0. The Morgan fingerprint density at radius 1 is 1.40 bits per heavy atom. The van der Waals surface area contributed by atoms with Gasteiger partial charge in [-0.25, -0.2) is 0 Å². The van der Waals surface area contributed by atoms with Crippen LogP contribution in [0.1, 0.15) is 46.0 Å². The molecule has 0 heteroatoms. The molecule has 0 bridgehead atoms. The van der Waals surface area contributed by atoms with Crippen LogP contribution in [0.25, 0.3) is 0 Å². The maximum atomic E-state index is 4.78. The van der Waals surface area contributed by atoms with Crippen LogP contribution in [0.3, 0.4) is 0 Å². The van der Waals surface area contributed by atoms with Crippen molar-refractivity contribution in [3.63, 3.8) is 0 Å². The molecule has 1 rings (SSSR count). The van der Waals surface area contributed by atoms with Gasteiger partial charge in [-0.3, -0.25) is 0 Å². The Morgan fingerprint density at radius 2 is 1.80 bits per heavy atom. The van der Waals surface area contributed by atoms with E-state index in [9.17, 15) is 0 Å². The summed E-state index contributed by atoms with van der Waals surface area (Å²) in [5, 5.41) is 0. The molecule has 0 N–H and O–H groups in total. The van der Waals surface area contributed by atoms with Crippen molar-refractivity contribution < 1.29 is 0 Å². The first-order chi connectivity index (χ1) is 4.81. The molecule has 0 unspecified atom stereocenters. The molecule has 0 nitrogen and oxygen atoms in total. The standard InChI is InChI=1S/C6H12.C4H6/c1-6-4-2-3-5-6;1-3-4-2/h6H,2-5H2,1H3;1H,4H2,2H3. The van der Waals surface area contributed by atoms with Crippen LogP contribution in [-0.4, -0.2) is 0 Å². The molecule has 1 aliphatic rings. The minimum atomic E-state index is 0.847. The molecule has 0 aromatic heterocycles. The summed E-state index contributed by atoms with van der Waals surface area (Å²) in [6.07, 6.45) is 11.6. The van der Waals surface area contributed by atoms with Crippen molar-refractivity contribution >= 4 is 0 Å². The molecule has 58 valence electrons. The number of hydrogen-bond acceptors (Lipinski definition) is 0. The summed E-state index contributed by atoms with van der Waals surface area (Å²) in [4.78, 5) is 0. The lowest BCUT2D eigenvalue weighted by atomic mass is 10.2. The van der Waals surface area contributed by atoms with E-state index in [2.05, 4.69) is 12.8 Å². The lowest BCUT2D eigenvalue weighted by molar-refractivity contribution is 0.612. The Bertz CT molecular complexity index is 91.1. The minimum Gasteiger partial charge on any atom is -0.120 e. The molecule has 1 fully saturated rings. The molecule has 10 heavy (non-hydrogen) atoms. The Balaban J connectivity index is 0.000000180. The molecule has 1 aliphatic carbocycles. The molecule has 0 aromatic rings. The first-order valence-corrected chi connectivity index (χ1v) is 4.24. The van der Waals surface area contributed by atoms with Crippen LogP contribution < -0.4 is 0 Å². The van der Waals surface area contributed by atoms with Crippen molar-refractivity contribution in [2.24, 2.45) is 5.92 Å². The Kier molecular flexibility index (Phi) is 6.38. The van der Waals surface area contributed by atoms with Crippen molar-refractivity contribution in [2.45, 2.75) is 46.0 Å². The fraction of sp³-hybridized carbons (Fsp3) is 0.800. The number of hydrogen-bond donors (Lipinski definition) is 0. The lowest BCUT2D eigenvalue weighted by Crippen LogP contribution is -1.78. The lowest BCUT2D eigenvalue weighted by Gasteiger charge is -1.91. The molecule has 0 aromatic carbocycles. The Morgan fingerprint density at radius 3 is 1.90 bits per heavy atom. The van der Waals surface area contributed by atoms with Gasteiger partial charge in [-0.05, 0) is 5.92 Å². The van der Waals surface area contributed by atoms with Gasteiger partial charge in [-0.15, -0.1) is 12.3 Å². The molecule has 0 amide bonds. The topological polar surface area (TPSA) is 0 Å². The van der Waals surface area contributed by atoms with Gasteiger partial charge in [0.1, 0.15) is 0 Å². The van der Waals surface area contributed by atoms with E-state index >= 15 is 0 Å². The summed E-state index contributed by atoms with van der Waals surface area (Å²) in [6, 6.07) is 0. The third-order valence-corrected chi connectivity index (χ3v) is 1.85. The zero-order valence-corrected chi connectivity index (χ0v) is 7.19. The second kappa shape index (κ2) is 6.68. The zero-order valence-electron chi connectivity index (χ0n) is 7.19. The predicted molar refractivity (Wildman–Crippen MR) is 46.8 cm³/mol. The summed E-state index contributed by atoms with van der Waals surface area (Å²) in [6.45, 7) is 4.28. The summed E-state index contributed by atoms with van der Waals surface area (Å²) in [5.41, 5.74) is 0. The maximum absolute atomic E-state index is 4.78. The average molecular weight is 138 g/mol. The van der Waals surface area contributed by atoms with Crippen molar-refractivity contribution in [2.75, 3.05) is 0 Å². The number of rotatable bonds is 0. The van der Waals surface area contributed by atoms with E-state index in [0.29, 0.717) is 0 Å². The molecule has 0 radical (unpaired) electrons. The van der Waals surface area contributed by atoms with Crippen molar-refractivity contribution in [1.82, 2.24) is 0 Å². The minimum absolute atomic E-state index is 0.847. The van der Waals surface area contributed by atoms with Crippen LogP contribution in [0.5, 0.6) is 0 Å². The largest absolute Gasteiger partial charge is 0.120 e. The van der Waals surface area contributed by atoms with Gasteiger partial charge >= 0.3 is 0 Å². The Labute approximate surface area is 65.0 Å². The third-order valence-electron chi connectivity index (χ3n) is 1.85. The quantitative estimate of drug-likeness (QED) is 0.451. The van der Waals surface area contributed by atoms with E-state index in [1.165, 1.54) is 25.7 Å². The highest BCUT2D eigenvalue weighted by molar-refractivity contribution is 4.80. The molecule has 0 saturated heterocycles. The number of terminal acetylenes is 1. The predicted octanol–water partition coefficient (Wildman–Crippen LogP) is 3.23. The molecule has 0 aliphatic heterocycles. The van der Waals surface area contributed by atoms with Gasteiger partial charge < -0.3 is 0 Å². The van der Waals surface area contributed by atoms with Crippen LogP contribution in [0.2, 0.25) is 0 Å². The molecule has 0 spiro atoms. The van der Waals surface area contributed by atoms with Gasteiger partial charge in [0.15, 0.2) is 0 Å². The van der Waals surface area contributed by atoms with Gasteiger partial charge in [0.05, 0.1) is 0 Å². The van der Waals surface area contributed by atoms with Crippen LogP contribution in [0.4, 0.5) is 0 Å². The van der Waals surface area contributed by atoms with Crippen molar-refractivity contribution in [1.29, 1.82) is 0 Å². The fourth-order valence-corrected chi connectivity index (χ4v) is 1.13. The molecule has 1 saturated carbocycles. The van der Waals surface area contributed by atoms with E-state index in [-0.39, 0.29) is 0 Å². The highest BCUT2D eigenvalue weighted by Crippen LogP contribution is 2.22. The van der Waals surface area contributed by atoms with Gasteiger partial charge in [0, 0.05) is 6.42 Å². The summed E-state index contributed by atoms with van der Waals surface area (Å²) in [7, 11) is 0. The highest BCUT2D eigenvalue weighted by Gasteiger charge is 2.07. The van der Waals surface area contributed by atoms with Crippen LogP contribution in [0, 0.1) is 18.3 Å². The normalized spacial score (nSPS) is 17.3. The van der Waals surface area contributed by atoms with Crippen molar-refractivity contribution in [3.8, 4) is 12.3 Å². The highest BCUT2D eigenvalue weighted by atomic mass is 14.1. The zero-order chi connectivity index (χ0) is 7.82. The van der Waals surface area contributed by atoms with Crippen LogP contribution in [-0.2, 0) is 0 Å². The molecular formula is C10H18. The van der Waals surface area contributed by atoms with Gasteiger partial charge in [-0.1, -0.05) is 39.5 Å². The molecule has 0 atom stereocenters. The van der Waals surface area contributed by atoms with E-state index in [0.717, 1.165) is 12.3 Å². The first kappa shape index (κ1) is 9.56. The second-order valence-electron chi connectivity index (χ2n) is 2.95. The van der Waals surface area contributed by atoms with E-state index < -0.39 is 0 Å². The summed E-state index contributed by atoms with van der Waals surface area (Å²) in [5.74, 6) is 3.48. The fourth-order valence-electron chi connectivity index (χ4n) is 1.13. The second-order valence-corrected chi connectivity index (χ2v) is 2.95. The molecular weight excluding hydrogens is 120 g/mol. The smallest absolute Gasteiger partial charge is 0.00576 e. The molecule has 0 heterocycles. The van der Waals surface area contributed by atoms with Crippen molar-refractivity contribution in [3.05, 3.63) is 0 Å². The van der Waals surface area contributed by atoms with Gasteiger partial charge in [0.25, 0.3) is 0 Å². The summed E-state index contributed by atoms with van der Waals surface area (Å²) >= 11 is 0. The van der Waals surface area contributed by atoms with E-state index in [1.807, 2.05) is 6.92 Å². The van der Waals surface area contributed by atoms with Gasteiger partial charge in [0.2, 0.25) is 0 Å². The Hall–Kier alpha value is -0.440. The van der Waals surface area contributed by atoms with E-state index in [4.69, 9.17) is 6.42 Å². The van der Waals surface area contributed by atoms with E-state index in [1.54, 1.807) is 0 Å². The average Bonchev–Trinajstić information content (AvgIpc) is 2.40. The van der Waals surface area contributed by atoms with Gasteiger partial charge in [-0.2, -0.15) is 0 Å². The SMILES string of the molecule is C#CCC.CC1CCCC1. The van der Waals surface area contributed by atoms with Crippen LogP contribution in [0.15, 0.2) is 0 Å².